The molecular weight excluding hydrogens is 250 g/mol. The quantitative estimate of drug-likeness (QED) is 0.840. The molecule has 6 heteroatoms. The molecule has 2 N–H and O–H groups in total. The lowest BCUT2D eigenvalue weighted by Crippen LogP contribution is -2.23. The SMILES string of the molecule is CCCC(CC(=O)O)Nc1ncnc2ccsc12. The number of nitrogens with zero attached hydrogens (tertiary/aromatic N) is 2. The van der Waals surface area contributed by atoms with Crippen LogP contribution >= 0.6 is 11.3 Å². The Bertz CT molecular complexity index is 541. The Hall–Kier alpha value is -1.69. The van der Waals surface area contributed by atoms with Crippen LogP contribution in [0.2, 0.25) is 0 Å². The summed E-state index contributed by atoms with van der Waals surface area (Å²) in [4.78, 5) is 19.2. The van der Waals surface area contributed by atoms with E-state index in [-0.39, 0.29) is 12.5 Å². The molecule has 0 radical (unpaired) electrons. The first-order valence-corrected chi connectivity index (χ1v) is 6.75. The number of hydrogen-bond acceptors (Lipinski definition) is 5. The minimum Gasteiger partial charge on any atom is -0.481 e. The van der Waals surface area contributed by atoms with E-state index in [1.54, 1.807) is 11.3 Å². The zero-order valence-electron chi connectivity index (χ0n) is 10.1. The van der Waals surface area contributed by atoms with E-state index in [1.165, 1.54) is 6.33 Å². The first-order chi connectivity index (χ1) is 8.70. The lowest BCUT2D eigenvalue weighted by atomic mass is 10.1. The van der Waals surface area contributed by atoms with Crippen molar-refractivity contribution in [3.05, 3.63) is 17.8 Å². The van der Waals surface area contributed by atoms with Crippen molar-refractivity contribution in [1.29, 1.82) is 0 Å². The average Bonchev–Trinajstić information content (AvgIpc) is 2.77. The van der Waals surface area contributed by atoms with Crippen LogP contribution in [-0.2, 0) is 4.79 Å². The number of aliphatic carboxylic acids is 1. The van der Waals surface area contributed by atoms with E-state index in [4.69, 9.17) is 5.11 Å². The molecule has 0 amide bonds. The highest BCUT2D eigenvalue weighted by molar-refractivity contribution is 7.17. The Morgan fingerprint density at radius 2 is 2.39 bits per heavy atom. The molecule has 2 rings (SSSR count). The fraction of sp³-hybridized carbons (Fsp3) is 0.417. The van der Waals surface area contributed by atoms with Crippen LogP contribution in [0, 0.1) is 0 Å². The highest BCUT2D eigenvalue weighted by Gasteiger charge is 2.14. The second-order valence-corrected chi connectivity index (χ2v) is 5.00. The van der Waals surface area contributed by atoms with E-state index in [1.807, 2.05) is 18.4 Å². The van der Waals surface area contributed by atoms with Crippen LogP contribution in [0.15, 0.2) is 17.8 Å². The van der Waals surface area contributed by atoms with Gasteiger partial charge in [-0.05, 0) is 17.9 Å². The van der Waals surface area contributed by atoms with E-state index in [0.29, 0.717) is 0 Å². The van der Waals surface area contributed by atoms with Gasteiger partial charge in [0.05, 0.1) is 16.6 Å². The molecule has 1 atom stereocenters. The minimum atomic E-state index is -0.794. The molecule has 0 fully saturated rings. The highest BCUT2D eigenvalue weighted by Crippen LogP contribution is 2.26. The summed E-state index contributed by atoms with van der Waals surface area (Å²) < 4.78 is 0.976. The third-order valence-corrected chi connectivity index (χ3v) is 3.55. The number of carboxylic acids is 1. The average molecular weight is 265 g/mol. The molecule has 0 saturated heterocycles. The Morgan fingerprint density at radius 3 is 3.11 bits per heavy atom. The van der Waals surface area contributed by atoms with Crippen molar-refractivity contribution in [1.82, 2.24) is 9.97 Å². The van der Waals surface area contributed by atoms with Gasteiger partial charge in [-0.1, -0.05) is 13.3 Å². The second-order valence-electron chi connectivity index (χ2n) is 4.09. The normalized spacial score (nSPS) is 12.5. The van der Waals surface area contributed by atoms with Gasteiger partial charge in [-0.25, -0.2) is 9.97 Å². The maximum Gasteiger partial charge on any atom is 0.305 e. The van der Waals surface area contributed by atoms with Gasteiger partial charge in [0.15, 0.2) is 0 Å². The highest BCUT2D eigenvalue weighted by atomic mass is 32.1. The van der Waals surface area contributed by atoms with E-state index in [9.17, 15) is 4.79 Å². The summed E-state index contributed by atoms with van der Waals surface area (Å²) in [6.45, 7) is 2.04. The summed E-state index contributed by atoms with van der Waals surface area (Å²) in [6, 6.07) is 1.84. The van der Waals surface area contributed by atoms with Crippen molar-refractivity contribution >= 4 is 33.3 Å². The Balaban J connectivity index is 2.19. The van der Waals surface area contributed by atoms with Crippen LogP contribution in [0.4, 0.5) is 5.82 Å². The topological polar surface area (TPSA) is 75.1 Å². The predicted octanol–water partition coefficient (Wildman–Crippen LogP) is 2.75. The monoisotopic (exact) mass is 265 g/mol. The van der Waals surface area contributed by atoms with Crippen LogP contribution in [0.25, 0.3) is 10.2 Å². The number of fused-ring (bicyclic) bond motifs is 1. The number of carboxylic acid groups (broad SMARTS) is 1. The molecule has 18 heavy (non-hydrogen) atoms. The maximum absolute atomic E-state index is 10.8. The summed E-state index contributed by atoms with van der Waals surface area (Å²) in [5, 5.41) is 14.1. The number of thiophene rings is 1. The van der Waals surface area contributed by atoms with Gasteiger partial charge >= 0.3 is 5.97 Å². The van der Waals surface area contributed by atoms with Crippen molar-refractivity contribution in [2.75, 3.05) is 5.32 Å². The van der Waals surface area contributed by atoms with Crippen LogP contribution in [0.5, 0.6) is 0 Å². The van der Waals surface area contributed by atoms with Gasteiger partial charge in [0.25, 0.3) is 0 Å². The molecule has 5 nitrogen and oxygen atoms in total. The molecule has 0 aromatic carbocycles. The van der Waals surface area contributed by atoms with E-state index in [2.05, 4.69) is 15.3 Å². The van der Waals surface area contributed by atoms with Gasteiger partial charge in [-0.2, -0.15) is 0 Å². The van der Waals surface area contributed by atoms with Crippen molar-refractivity contribution in [3.63, 3.8) is 0 Å². The summed E-state index contributed by atoms with van der Waals surface area (Å²) in [6.07, 6.45) is 3.35. The molecule has 0 saturated carbocycles. The number of nitrogens with one attached hydrogen (secondary N) is 1. The minimum absolute atomic E-state index is 0.0901. The van der Waals surface area contributed by atoms with Gasteiger partial charge in [0.2, 0.25) is 0 Å². The number of rotatable bonds is 6. The molecular formula is C12H15N3O2S. The molecule has 2 heterocycles. The van der Waals surface area contributed by atoms with Crippen molar-refractivity contribution < 1.29 is 9.90 Å². The van der Waals surface area contributed by atoms with E-state index in [0.717, 1.165) is 28.9 Å². The third kappa shape index (κ3) is 2.95. The van der Waals surface area contributed by atoms with Gasteiger partial charge in [0, 0.05) is 6.04 Å². The summed E-state index contributed by atoms with van der Waals surface area (Å²) in [7, 11) is 0. The second kappa shape index (κ2) is 5.77. The molecule has 0 aliphatic heterocycles. The maximum atomic E-state index is 10.8. The van der Waals surface area contributed by atoms with Gasteiger partial charge < -0.3 is 10.4 Å². The van der Waals surface area contributed by atoms with E-state index < -0.39 is 5.97 Å². The molecule has 0 bridgehead atoms. The van der Waals surface area contributed by atoms with Crippen LogP contribution in [0.3, 0.4) is 0 Å². The summed E-state index contributed by atoms with van der Waals surface area (Å²) >= 11 is 1.56. The van der Waals surface area contributed by atoms with Gasteiger partial charge in [0.1, 0.15) is 12.1 Å². The molecule has 1 unspecified atom stereocenters. The Labute approximate surface area is 109 Å². The van der Waals surface area contributed by atoms with Gasteiger partial charge in [-0.3, -0.25) is 4.79 Å². The first kappa shape index (κ1) is 12.8. The number of carbonyl (C=O) groups is 1. The summed E-state index contributed by atoms with van der Waals surface area (Å²) in [5.41, 5.74) is 0.892. The Morgan fingerprint density at radius 1 is 1.56 bits per heavy atom. The van der Waals surface area contributed by atoms with Crippen LogP contribution < -0.4 is 5.32 Å². The van der Waals surface area contributed by atoms with Crippen molar-refractivity contribution in [3.8, 4) is 0 Å². The van der Waals surface area contributed by atoms with E-state index >= 15 is 0 Å². The number of hydrogen-bond donors (Lipinski definition) is 2. The van der Waals surface area contributed by atoms with Crippen LogP contribution in [0.1, 0.15) is 26.2 Å². The molecule has 0 spiro atoms. The summed E-state index contributed by atoms with van der Waals surface area (Å²) in [5.74, 6) is -0.0628. The molecule has 0 aliphatic rings. The lowest BCUT2D eigenvalue weighted by molar-refractivity contribution is -0.137. The van der Waals surface area contributed by atoms with Gasteiger partial charge in [-0.15, -0.1) is 11.3 Å². The Kier molecular flexibility index (Phi) is 4.09. The molecule has 2 aromatic heterocycles. The zero-order chi connectivity index (χ0) is 13.0. The van der Waals surface area contributed by atoms with Crippen LogP contribution in [-0.4, -0.2) is 27.1 Å². The van der Waals surface area contributed by atoms with Crippen molar-refractivity contribution in [2.24, 2.45) is 0 Å². The number of aromatic nitrogens is 2. The zero-order valence-corrected chi connectivity index (χ0v) is 10.9. The fourth-order valence-corrected chi connectivity index (χ4v) is 2.67. The number of anilines is 1. The third-order valence-electron chi connectivity index (χ3n) is 2.64. The van der Waals surface area contributed by atoms with Crippen molar-refractivity contribution in [2.45, 2.75) is 32.2 Å². The lowest BCUT2D eigenvalue weighted by Gasteiger charge is -2.16. The molecule has 2 aromatic rings. The first-order valence-electron chi connectivity index (χ1n) is 5.87. The smallest absolute Gasteiger partial charge is 0.305 e. The molecule has 0 aliphatic carbocycles. The largest absolute Gasteiger partial charge is 0.481 e. The molecule has 96 valence electrons. The standard InChI is InChI=1S/C12H15N3O2S/c1-2-3-8(6-10(16)17)15-12-11-9(4-5-18-11)13-7-14-12/h4-5,7-8H,2-3,6H2,1H3,(H,16,17)(H,13,14,15). The predicted molar refractivity (Wildman–Crippen MR) is 72.0 cm³/mol. The fourth-order valence-electron chi connectivity index (χ4n) is 1.87.